The van der Waals surface area contributed by atoms with E-state index >= 15 is 0 Å². The summed E-state index contributed by atoms with van der Waals surface area (Å²) in [5, 5.41) is 6.30. The highest BCUT2D eigenvalue weighted by Crippen LogP contribution is 2.24. The Bertz CT molecular complexity index is 1280. The molecule has 0 heterocycles. The fraction of sp³-hybridized carbons (Fsp3) is 0.0588. The van der Waals surface area contributed by atoms with Crippen LogP contribution in [0, 0.1) is 0 Å². The molecule has 38 heavy (non-hydrogen) atoms. The van der Waals surface area contributed by atoms with Crippen molar-refractivity contribution in [1.82, 2.24) is 10.6 Å². The van der Waals surface area contributed by atoms with Crippen molar-refractivity contribution in [1.29, 1.82) is 0 Å². The highest BCUT2D eigenvalue weighted by molar-refractivity contribution is 5.98. The molecule has 5 aromatic rings. The topological polar surface area (TPSA) is 58.2 Å². The average molecular weight is 497 g/mol. The van der Waals surface area contributed by atoms with Gasteiger partial charge >= 0.3 is 0 Å². The molecule has 0 fully saturated rings. The molecule has 0 radical (unpaired) electrons. The van der Waals surface area contributed by atoms with Gasteiger partial charge in [0, 0.05) is 11.1 Å². The van der Waals surface area contributed by atoms with Crippen molar-refractivity contribution in [3.05, 3.63) is 179 Å². The SMILES string of the molecule is O=C(NC(c1ccccc1)c1ccccc1)c1ccc(C(=O)NC(c2ccccc2)c2ccccc2)cc1. The third kappa shape index (κ3) is 5.88. The highest BCUT2D eigenvalue weighted by atomic mass is 16.2. The molecule has 0 bridgehead atoms. The lowest BCUT2D eigenvalue weighted by Gasteiger charge is -2.21. The summed E-state index contributed by atoms with van der Waals surface area (Å²) >= 11 is 0. The van der Waals surface area contributed by atoms with E-state index in [0.717, 1.165) is 22.3 Å². The summed E-state index contributed by atoms with van der Waals surface area (Å²) < 4.78 is 0. The molecule has 0 atom stereocenters. The Labute approximate surface area is 223 Å². The maximum absolute atomic E-state index is 13.2. The molecule has 0 aromatic heterocycles. The van der Waals surface area contributed by atoms with Gasteiger partial charge in [-0.3, -0.25) is 9.59 Å². The lowest BCUT2D eigenvalue weighted by Crippen LogP contribution is -2.30. The number of rotatable bonds is 8. The molecular weight excluding hydrogens is 468 g/mol. The van der Waals surface area contributed by atoms with Crippen LogP contribution in [-0.2, 0) is 0 Å². The van der Waals surface area contributed by atoms with Crippen LogP contribution < -0.4 is 10.6 Å². The van der Waals surface area contributed by atoms with Gasteiger partial charge in [0.1, 0.15) is 0 Å². The maximum Gasteiger partial charge on any atom is 0.252 e. The molecule has 186 valence electrons. The van der Waals surface area contributed by atoms with Crippen LogP contribution in [0.1, 0.15) is 55.1 Å². The Hall–Kier alpha value is -4.96. The minimum Gasteiger partial charge on any atom is -0.341 e. The van der Waals surface area contributed by atoms with Crippen LogP contribution in [0.3, 0.4) is 0 Å². The first-order valence-electron chi connectivity index (χ1n) is 12.6. The average Bonchev–Trinajstić information content (AvgIpc) is 3.00. The molecule has 0 aliphatic rings. The predicted molar refractivity (Wildman–Crippen MR) is 151 cm³/mol. The second-order valence-corrected chi connectivity index (χ2v) is 9.03. The Morgan fingerprint density at radius 2 is 0.605 bits per heavy atom. The lowest BCUT2D eigenvalue weighted by atomic mass is 9.97. The summed E-state index contributed by atoms with van der Waals surface area (Å²) in [5.74, 6) is -0.415. The number of carbonyl (C=O) groups excluding carboxylic acids is 2. The first kappa shape index (κ1) is 24.7. The van der Waals surface area contributed by atoms with Crippen LogP contribution in [0.5, 0.6) is 0 Å². The minimum absolute atomic E-state index is 0.207. The molecule has 4 nitrogen and oxygen atoms in total. The van der Waals surface area contributed by atoms with E-state index < -0.39 is 0 Å². The van der Waals surface area contributed by atoms with Gasteiger partial charge in [-0.1, -0.05) is 121 Å². The van der Waals surface area contributed by atoms with Crippen LogP contribution in [0.2, 0.25) is 0 Å². The van der Waals surface area contributed by atoms with Crippen molar-refractivity contribution in [3.8, 4) is 0 Å². The van der Waals surface area contributed by atoms with E-state index in [9.17, 15) is 9.59 Å². The fourth-order valence-corrected chi connectivity index (χ4v) is 4.50. The summed E-state index contributed by atoms with van der Waals surface area (Å²) in [5.41, 5.74) is 4.96. The van der Waals surface area contributed by atoms with Gasteiger partial charge in [-0.15, -0.1) is 0 Å². The summed E-state index contributed by atoms with van der Waals surface area (Å²) in [6.45, 7) is 0. The summed E-state index contributed by atoms with van der Waals surface area (Å²) in [4.78, 5) is 26.4. The molecule has 0 aliphatic carbocycles. The van der Waals surface area contributed by atoms with Crippen LogP contribution in [0.15, 0.2) is 146 Å². The lowest BCUT2D eigenvalue weighted by molar-refractivity contribution is 0.0931. The fourth-order valence-electron chi connectivity index (χ4n) is 4.50. The van der Waals surface area contributed by atoms with Gasteiger partial charge in [0.25, 0.3) is 11.8 Å². The largest absolute Gasteiger partial charge is 0.341 e. The molecule has 0 aliphatic heterocycles. The molecule has 5 rings (SSSR count). The number of hydrogen-bond donors (Lipinski definition) is 2. The summed E-state index contributed by atoms with van der Waals surface area (Å²) in [7, 11) is 0. The molecular formula is C34H28N2O2. The predicted octanol–water partition coefficient (Wildman–Crippen LogP) is 6.73. The Morgan fingerprint density at radius 3 is 0.842 bits per heavy atom. The first-order chi connectivity index (χ1) is 18.7. The van der Waals surface area contributed by atoms with E-state index in [2.05, 4.69) is 10.6 Å². The highest BCUT2D eigenvalue weighted by Gasteiger charge is 2.20. The Balaban J connectivity index is 1.33. The van der Waals surface area contributed by atoms with Gasteiger partial charge in [0.15, 0.2) is 0 Å². The van der Waals surface area contributed by atoms with Gasteiger partial charge in [-0.05, 0) is 46.5 Å². The minimum atomic E-state index is -0.287. The van der Waals surface area contributed by atoms with Gasteiger partial charge in [-0.25, -0.2) is 0 Å². The molecule has 4 heteroatoms. The van der Waals surface area contributed by atoms with Gasteiger partial charge in [0.05, 0.1) is 12.1 Å². The van der Waals surface area contributed by atoms with Crippen LogP contribution in [0.25, 0.3) is 0 Å². The van der Waals surface area contributed by atoms with Crippen molar-refractivity contribution >= 4 is 11.8 Å². The van der Waals surface area contributed by atoms with E-state index in [1.54, 1.807) is 24.3 Å². The van der Waals surface area contributed by atoms with Crippen molar-refractivity contribution in [3.63, 3.8) is 0 Å². The molecule has 2 N–H and O–H groups in total. The monoisotopic (exact) mass is 496 g/mol. The molecule has 0 spiro atoms. The van der Waals surface area contributed by atoms with Crippen LogP contribution in [-0.4, -0.2) is 11.8 Å². The quantitative estimate of drug-likeness (QED) is 0.250. The van der Waals surface area contributed by atoms with Crippen molar-refractivity contribution in [2.75, 3.05) is 0 Å². The van der Waals surface area contributed by atoms with Crippen molar-refractivity contribution in [2.24, 2.45) is 0 Å². The number of benzene rings is 5. The second-order valence-electron chi connectivity index (χ2n) is 9.03. The number of carbonyl (C=O) groups is 2. The van der Waals surface area contributed by atoms with Gasteiger partial charge in [-0.2, -0.15) is 0 Å². The number of nitrogens with one attached hydrogen (secondary N) is 2. The Morgan fingerprint density at radius 1 is 0.368 bits per heavy atom. The van der Waals surface area contributed by atoms with Crippen molar-refractivity contribution < 1.29 is 9.59 Å². The summed E-state index contributed by atoms with van der Waals surface area (Å²) in [6.07, 6.45) is 0. The van der Waals surface area contributed by atoms with Crippen molar-refractivity contribution in [2.45, 2.75) is 12.1 Å². The third-order valence-electron chi connectivity index (χ3n) is 6.49. The zero-order valence-corrected chi connectivity index (χ0v) is 20.8. The molecule has 5 aromatic carbocycles. The van der Waals surface area contributed by atoms with E-state index in [0.29, 0.717) is 11.1 Å². The standard InChI is InChI=1S/C34H28N2O2/c37-33(35-31(25-13-5-1-6-14-25)26-15-7-2-8-16-26)29-21-23-30(24-22-29)34(38)36-32(27-17-9-3-10-18-27)28-19-11-4-12-20-28/h1-24,31-32H,(H,35,37)(H,36,38). The first-order valence-corrected chi connectivity index (χ1v) is 12.6. The van der Waals surface area contributed by atoms with Crippen LogP contribution in [0.4, 0.5) is 0 Å². The molecule has 0 saturated carbocycles. The normalized spacial score (nSPS) is 10.8. The summed E-state index contributed by atoms with van der Waals surface area (Å²) in [6, 6.07) is 45.7. The van der Waals surface area contributed by atoms with E-state index in [1.807, 2.05) is 121 Å². The van der Waals surface area contributed by atoms with Crippen LogP contribution >= 0.6 is 0 Å². The van der Waals surface area contributed by atoms with Gasteiger partial charge in [0.2, 0.25) is 0 Å². The Kier molecular flexibility index (Phi) is 7.71. The maximum atomic E-state index is 13.2. The molecule has 0 saturated heterocycles. The van der Waals surface area contributed by atoms with Gasteiger partial charge < -0.3 is 10.6 Å². The smallest absolute Gasteiger partial charge is 0.252 e. The van der Waals surface area contributed by atoms with E-state index in [-0.39, 0.29) is 23.9 Å². The van der Waals surface area contributed by atoms with E-state index in [4.69, 9.17) is 0 Å². The second kappa shape index (κ2) is 11.8. The molecule has 0 unspecified atom stereocenters. The zero-order chi connectivity index (χ0) is 26.2. The third-order valence-corrected chi connectivity index (χ3v) is 6.49. The zero-order valence-electron chi connectivity index (χ0n) is 20.8. The molecule has 2 amide bonds. The number of amides is 2. The number of hydrogen-bond acceptors (Lipinski definition) is 2. The van der Waals surface area contributed by atoms with E-state index in [1.165, 1.54) is 0 Å².